The minimum atomic E-state index is -1.74. The van der Waals surface area contributed by atoms with Gasteiger partial charge in [-0.15, -0.1) is 6.58 Å². The molecule has 0 amide bonds. The number of methoxy groups -OCH3 is 1. The Labute approximate surface area is 112 Å². The zero-order valence-electron chi connectivity index (χ0n) is 11.5. The Morgan fingerprint density at radius 1 is 1.44 bits per heavy atom. The lowest BCUT2D eigenvalue weighted by atomic mass is 10.2. The van der Waals surface area contributed by atoms with Crippen molar-refractivity contribution in [2.75, 3.05) is 7.11 Å². The molecule has 3 nitrogen and oxygen atoms in total. The molecule has 1 aromatic carbocycles. The predicted molar refractivity (Wildman–Crippen MR) is 78.7 cm³/mol. The van der Waals surface area contributed by atoms with Gasteiger partial charge in [-0.05, 0) is 43.4 Å². The highest BCUT2D eigenvalue weighted by molar-refractivity contribution is 6.78. The molecule has 0 unspecified atom stereocenters. The summed E-state index contributed by atoms with van der Waals surface area (Å²) in [5.74, 6) is 0.691. The van der Waals surface area contributed by atoms with Crippen LogP contribution in [0.15, 0.2) is 30.5 Å². The fourth-order valence-corrected chi connectivity index (χ4v) is 7.15. The van der Waals surface area contributed by atoms with Gasteiger partial charge in [-0.3, -0.25) is 0 Å². The molecule has 0 aliphatic carbocycles. The summed E-state index contributed by atoms with van der Waals surface area (Å²) in [5, 5.41) is 9.56. The van der Waals surface area contributed by atoms with Crippen LogP contribution in [-0.2, 0) is 10.2 Å². The van der Waals surface area contributed by atoms with E-state index in [1.165, 1.54) is 0 Å². The molecule has 1 radical (unpaired) electrons. The van der Waals surface area contributed by atoms with E-state index in [0.717, 1.165) is 11.6 Å². The van der Waals surface area contributed by atoms with E-state index < -0.39 is 17.4 Å². The Kier molecular flexibility index (Phi) is 5.19. The topological polar surface area (TPSA) is 38.7 Å². The van der Waals surface area contributed by atoms with Gasteiger partial charge in [0.05, 0.1) is 7.11 Å². The van der Waals surface area contributed by atoms with Crippen LogP contribution in [-0.4, -0.2) is 29.6 Å². The van der Waals surface area contributed by atoms with E-state index in [1.807, 2.05) is 17.8 Å². The van der Waals surface area contributed by atoms with Crippen molar-refractivity contribution in [1.82, 2.24) is 0 Å². The number of hydrogen-bond acceptors (Lipinski definition) is 3. The van der Waals surface area contributed by atoms with Gasteiger partial charge < -0.3 is 14.0 Å². The average Bonchev–Trinajstić information content (AvgIpc) is 2.30. The van der Waals surface area contributed by atoms with Crippen LogP contribution in [0.25, 0.3) is 0 Å². The predicted octanol–water partition coefficient (Wildman–Crippen LogP) is 3.05. The van der Waals surface area contributed by atoms with Crippen molar-refractivity contribution in [3.05, 3.63) is 36.0 Å². The summed E-state index contributed by atoms with van der Waals surface area (Å²) >= 11 is 0. The third-order valence-electron chi connectivity index (χ3n) is 2.60. The molecule has 99 valence electrons. The maximum absolute atomic E-state index is 9.56. The van der Waals surface area contributed by atoms with Crippen molar-refractivity contribution in [2.24, 2.45) is 0 Å². The number of phenols is 1. The van der Waals surface area contributed by atoms with Gasteiger partial charge in [-0.25, -0.2) is 0 Å². The minimum absolute atomic E-state index is 0.174. The number of ether oxygens (including phenoxy) is 1. The van der Waals surface area contributed by atoms with E-state index in [1.54, 1.807) is 13.2 Å². The first-order valence-corrected chi connectivity index (χ1v) is 11.0. The van der Waals surface area contributed by atoms with Crippen LogP contribution < -0.4 is 4.74 Å². The molecule has 1 rings (SSSR count). The molecule has 1 aromatic rings. The molecule has 0 saturated carbocycles. The quantitative estimate of drug-likeness (QED) is 0.815. The maximum atomic E-state index is 9.56. The van der Waals surface area contributed by atoms with Crippen LogP contribution >= 0.6 is 0 Å². The lowest BCUT2D eigenvalue weighted by Gasteiger charge is -2.25. The average molecular weight is 281 g/mol. The van der Waals surface area contributed by atoms with Gasteiger partial charge in [-0.1, -0.05) is 11.8 Å². The molecule has 0 aromatic heterocycles. The molecular weight excluding hydrogens is 260 g/mol. The summed E-state index contributed by atoms with van der Waals surface area (Å²) in [5.41, 5.74) is 3.05. The summed E-state index contributed by atoms with van der Waals surface area (Å²) in [6.45, 7) is 10.3. The molecule has 0 aliphatic rings. The molecule has 5 heteroatoms. The Bertz CT molecular complexity index is 419. The molecule has 0 aliphatic heterocycles. The molecule has 0 fully saturated rings. The van der Waals surface area contributed by atoms with Gasteiger partial charge >= 0.3 is 0 Å². The Balaban J connectivity index is 2.80. The zero-order valence-corrected chi connectivity index (χ0v) is 13.5. The largest absolute Gasteiger partial charge is 0.504 e. The van der Waals surface area contributed by atoms with Crippen LogP contribution in [0.2, 0.25) is 19.6 Å². The van der Waals surface area contributed by atoms with Gasteiger partial charge in [0, 0.05) is 0 Å². The lowest BCUT2D eigenvalue weighted by molar-refractivity contribution is 0.373. The van der Waals surface area contributed by atoms with Crippen molar-refractivity contribution in [3.8, 4) is 11.5 Å². The first-order chi connectivity index (χ1) is 8.38. The third-order valence-corrected chi connectivity index (χ3v) is 7.93. The number of hydrogen-bond donors (Lipinski definition) is 1. The van der Waals surface area contributed by atoms with Crippen molar-refractivity contribution < 1.29 is 14.0 Å². The monoisotopic (exact) mass is 281 g/mol. The fraction of sp³-hybridized carbons (Fsp3) is 0.385. The van der Waals surface area contributed by atoms with Crippen LogP contribution in [0.5, 0.6) is 11.5 Å². The molecule has 0 spiro atoms. The molecule has 1 N–H and O–H groups in total. The standard InChI is InChI=1S/C13H21O3Si2/c1-6-17(3)16-18(4,5)10-11-7-8-12(14)13(9-11)15-2/h6-9,14H,1,10H2,2-5H3. The van der Waals surface area contributed by atoms with Crippen molar-refractivity contribution in [3.63, 3.8) is 0 Å². The van der Waals surface area contributed by atoms with Crippen molar-refractivity contribution in [2.45, 2.75) is 25.7 Å². The van der Waals surface area contributed by atoms with Crippen LogP contribution in [0, 0.1) is 0 Å². The first kappa shape index (κ1) is 15.0. The molecule has 18 heavy (non-hydrogen) atoms. The zero-order chi connectivity index (χ0) is 13.8. The van der Waals surface area contributed by atoms with Gasteiger partial charge in [0.15, 0.2) is 19.8 Å². The normalized spacial score (nSPS) is 11.6. The second-order valence-corrected chi connectivity index (χ2v) is 11.2. The van der Waals surface area contributed by atoms with E-state index in [4.69, 9.17) is 8.85 Å². The van der Waals surface area contributed by atoms with Gasteiger partial charge in [0.25, 0.3) is 0 Å². The summed E-state index contributed by atoms with van der Waals surface area (Å²) in [6, 6.07) is 6.37. The van der Waals surface area contributed by atoms with Gasteiger partial charge in [0.2, 0.25) is 9.04 Å². The molecule has 0 heterocycles. The first-order valence-electron chi connectivity index (χ1n) is 5.89. The number of rotatable bonds is 6. The summed E-state index contributed by atoms with van der Waals surface area (Å²) in [4.78, 5) is 0. The lowest BCUT2D eigenvalue weighted by Crippen LogP contribution is -2.38. The van der Waals surface area contributed by atoms with Crippen LogP contribution in [0.4, 0.5) is 0 Å². The third kappa shape index (κ3) is 4.32. The highest BCUT2D eigenvalue weighted by Gasteiger charge is 2.25. The van der Waals surface area contributed by atoms with Gasteiger partial charge in [-0.2, -0.15) is 0 Å². The van der Waals surface area contributed by atoms with E-state index >= 15 is 0 Å². The molecular formula is C13H21O3Si2. The minimum Gasteiger partial charge on any atom is -0.504 e. The number of phenolic OH excluding ortho intramolecular Hbond substituents is 1. The second-order valence-electron chi connectivity index (χ2n) is 4.86. The van der Waals surface area contributed by atoms with E-state index in [0.29, 0.717) is 5.75 Å². The Morgan fingerprint density at radius 3 is 2.67 bits per heavy atom. The van der Waals surface area contributed by atoms with Crippen LogP contribution in [0.3, 0.4) is 0 Å². The summed E-state index contributed by atoms with van der Waals surface area (Å²) in [7, 11) is -1.07. The van der Waals surface area contributed by atoms with E-state index in [9.17, 15) is 5.11 Å². The SMILES string of the molecule is C=C[Si](C)O[Si](C)(C)Cc1ccc(O)c(OC)c1. The Morgan fingerprint density at radius 2 is 2.11 bits per heavy atom. The van der Waals surface area contributed by atoms with Crippen molar-refractivity contribution in [1.29, 1.82) is 0 Å². The number of aromatic hydroxyl groups is 1. The second kappa shape index (κ2) is 6.22. The molecule has 0 atom stereocenters. The number of benzene rings is 1. The van der Waals surface area contributed by atoms with E-state index in [-0.39, 0.29) is 5.75 Å². The molecule has 0 bridgehead atoms. The maximum Gasteiger partial charge on any atom is 0.223 e. The smallest absolute Gasteiger partial charge is 0.223 e. The highest BCUT2D eigenvalue weighted by Crippen LogP contribution is 2.28. The highest BCUT2D eigenvalue weighted by atomic mass is 28.4. The van der Waals surface area contributed by atoms with Gasteiger partial charge in [0.1, 0.15) is 0 Å². The summed E-state index contributed by atoms with van der Waals surface area (Å²) in [6.07, 6.45) is 0. The molecule has 0 saturated heterocycles. The Hall–Kier alpha value is -1.05. The van der Waals surface area contributed by atoms with E-state index in [2.05, 4.69) is 26.2 Å². The fourth-order valence-electron chi connectivity index (χ4n) is 1.84. The van der Waals surface area contributed by atoms with Crippen LogP contribution in [0.1, 0.15) is 5.56 Å². The summed E-state index contributed by atoms with van der Waals surface area (Å²) < 4.78 is 11.2. The van der Waals surface area contributed by atoms with Crippen molar-refractivity contribution >= 4 is 17.4 Å².